The maximum atomic E-state index is 12.2. The summed E-state index contributed by atoms with van der Waals surface area (Å²) in [6.45, 7) is 2.92. The van der Waals surface area contributed by atoms with Crippen LogP contribution in [0, 0.1) is 0 Å². The topological polar surface area (TPSA) is 58.6 Å². The zero-order valence-corrected chi connectivity index (χ0v) is 14.7. The number of likely N-dealkylation sites (N-methyl/N-ethyl adjacent to an activating group) is 1. The van der Waals surface area contributed by atoms with Gasteiger partial charge in [0.1, 0.15) is 5.75 Å². The highest BCUT2D eigenvalue weighted by Crippen LogP contribution is 2.19. The van der Waals surface area contributed by atoms with E-state index in [1.807, 2.05) is 61.5 Å². The Balaban J connectivity index is 1.83. The van der Waals surface area contributed by atoms with E-state index in [0.717, 1.165) is 16.9 Å². The molecule has 5 heteroatoms. The number of nitrogens with one attached hydrogen (secondary N) is 1. The first kappa shape index (κ1) is 18.5. The smallest absolute Gasteiger partial charge is 0.242 e. The van der Waals surface area contributed by atoms with E-state index < -0.39 is 0 Å². The second-order valence-electron chi connectivity index (χ2n) is 5.73. The lowest BCUT2D eigenvalue weighted by molar-refractivity contribution is -0.132. The molecule has 0 saturated carbocycles. The number of rotatable bonds is 8. The molecule has 132 valence electrons. The summed E-state index contributed by atoms with van der Waals surface area (Å²) in [5.74, 6) is 0.466. The zero-order valence-electron chi connectivity index (χ0n) is 14.7. The van der Waals surface area contributed by atoms with Crippen molar-refractivity contribution in [3.05, 3.63) is 65.7 Å². The number of carbonyl (C=O) groups excluding carboxylic acids is 2. The predicted molar refractivity (Wildman–Crippen MR) is 97.2 cm³/mol. The zero-order chi connectivity index (χ0) is 18.1. The maximum absolute atomic E-state index is 12.2. The standard InChI is InChI=1S/C20H24N2O3/c1-3-25-18-12-8-7-11-17(18)15-22(2)20(24)14-21-19(23)13-16-9-5-4-6-10-16/h4-12H,3,13-15H2,1-2H3,(H,21,23). The van der Waals surface area contributed by atoms with Gasteiger partial charge in [-0.05, 0) is 18.6 Å². The van der Waals surface area contributed by atoms with Gasteiger partial charge in [0.05, 0.1) is 19.6 Å². The molecule has 2 amide bonds. The molecule has 2 aromatic carbocycles. The molecule has 1 N–H and O–H groups in total. The van der Waals surface area contributed by atoms with E-state index in [0.29, 0.717) is 13.2 Å². The molecule has 0 aliphatic rings. The van der Waals surface area contributed by atoms with Crippen LogP contribution >= 0.6 is 0 Å². The first-order valence-corrected chi connectivity index (χ1v) is 8.35. The number of nitrogens with zero attached hydrogens (tertiary/aromatic N) is 1. The minimum absolute atomic E-state index is 0.0149. The van der Waals surface area contributed by atoms with Gasteiger partial charge in [0.25, 0.3) is 0 Å². The number of ether oxygens (including phenoxy) is 1. The Morgan fingerprint density at radius 2 is 1.72 bits per heavy atom. The Morgan fingerprint density at radius 3 is 2.44 bits per heavy atom. The van der Waals surface area contributed by atoms with Crippen molar-refractivity contribution in [1.82, 2.24) is 10.2 Å². The highest BCUT2D eigenvalue weighted by atomic mass is 16.5. The average molecular weight is 340 g/mol. The lowest BCUT2D eigenvalue weighted by atomic mass is 10.1. The molecule has 0 aliphatic heterocycles. The first-order chi connectivity index (χ1) is 12.1. The number of benzene rings is 2. The van der Waals surface area contributed by atoms with E-state index in [2.05, 4.69) is 5.32 Å². The van der Waals surface area contributed by atoms with Crippen LogP contribution in [-0.4, -0.2) is 36.9 Å². The molecule has 0 atom stereocenters. The predicted octanol–water partition coefficient (Wildman–Crippen LogP) is 2.40. The van der Waals surface area contributed by atoms with Gasteiger partial charge in [0, 0.05) is 19.2 Å². The molecule has 0 spiro atoms. The molecule has 0 heterocycles. The summed E-state index contributed by atoms with van der Waals surface area (Å²) in [5.41, 5.74) is 1.86. The number of hydrogen-bond donors (Lipinski definition) is 1. The van der Waals surface area contributed by atoms with E-state index in [4.69, 9.17) is 4.74 Å². The lowest BCUT2D eigenvalue weighted by Gasteiger charge is -2.19. The molecule has 25 heavy (non-hydrogen) atoms. The van der Waals surface area contributed by atoms with E-state index in [-0.39, 0.29) is 24.8 Å². The fourth-order valence-electron chi connectivity index (χ4n) is 2.43. The molecule has 0 bridgehead atoms. The van der Waals surface area contributed by atoms with Crippen LogP contribution < -0.4 is 10.1 Å². The van der Waals surface area contributed by atoms with Gasteiger partial charge in [-0.2, -0.15) is 0 Å². The van der Waals surface area contributed by atoms with E-state index >= 15 is 0 Å². The van der Waals surface area contributed by atoms with Crippen molar-refractivity contribution >= 4 is 11.8 Å². The monoisotopic (exact) mass is 340 g/mol. The Bertz CT molecular complexity index is 701. The van der Waals surface area contributed by atoms with Crippen LogP contribution in [0.25, 0.3) is 0 Å². The van der Waals surface area contributed by atoms with Crippen molar-refractivity contribution in [3.63, 3.8) is 0 Å². The summed E-state index contributed by atoms with van der Waals surface area (Å²) in [7, 11) is 1.72. The largest absolute Gasteiger partial charge is 0.494 e. The molecular formula is C20H24N2O3. The first-order valence-electron chi connectivity index (χ1n) is 8.35. The summed E-state index contributed by atoms with van der Waals surface area (Å²) in [6.07, 6.45) is 0.269. The highest BCUT2D eigenvalue weighted by molar-refractivity contribution is 5.85. The van der Waals surface area contributed by atoms with Crippen LogP contribution in [0.15, 0.2) is 54.6 Å². The quantitative estimate of drug-likeness (QED) is 0.803. The molecule has 0 aliphatic carbocycles. The fourth-order valence-corrected chi connectivity index (χ4v) is 2.43. The van der Waals surface area contributed by atoms with Crippen molar-refractivity contribution in [1.29, 1.82) is 0 Å². The third kappa shape index (κ3) is 5.95. The van der Waals surface area contributed by atoms with E-state index in [9.17, 15) is 9.59 Å². The van der Waals surface area contributed by atoms with Gasteiger partial charge in [0.15, 0.2) is 0 Å². The third-order valence-electron chi connectivity index (χ3n) is 3.75. The van der Waals surface area contributed by atoms with Gasteiger partial charge in [-0.25, -0.2) is 0 Å². The van der Waals surface area contributed by atoms with E-state index in [1.165, 1.54) is 0 Å². The molecule has 5 nitrogen and oxygen atoms in total. The normalized spacial score (nSPS) is 10.2. The van der Waals surface area contributed by atoms with Crippen molar-refractivity contribution in [2.75, 3.05) is 20.2 Å². The molecule has 2 rings (SSSR count). The number of para-hydroxylation sites is 1. The van der Waals surface area contributed by atoms with Crippen molar-refractivity contribution in [3.8, 4) is 5.75 Å². The molecule has 0 saturated heterocycles. The van der Waals surface area contributed by atoms with Crippen molar-refractivity contribution in [2.24, 2.45) is 0 Å². The summed E-state index contributed by atoms with van der Waals surface area (Å²) < 4.78 is 5.57. The summed E-state index contributed by atoms with van der Waals surface area (Å²) in [5, 5.41) is 2.68. The Hall–Kier alpha value is -2.82. The van der Waals surface area contributed by atoms with Crippen LogP contribution in [0.4, 0.5) is 0 Å². The van der Waals surface area contributed by atoms with Gasteiger partial charge in [-0.15, -0.1) is 0 Å². The van der Waals surface area contributed by atoms with Crippen LogP contribution in [0.3, 0.4) is 0 Å². The summed E-state index contributed by atoms with van der Waals surface area (Å²) in [6, 6.07) is 17.1. The summed E-state index contributed by atoms with van der Waals surface area (Å²) in [4.78, 5) is 25.8. The minimum atomic E-state index is -0.164. The van der Waals surface area contributed by atoms with E-state index in [1.54, 1.807) is 11.9 Å². The molecule has 0 unspecified atom stereocenters. The van der Waals surface area contributed by atoms with Gasteiger partial charge in [-0.3, -0.25) is 9.59 Å². The van der Waals surface area contributed by atoms with Gasteiger partial charge in [-0.1, -0.05) is 48.5 Å². The van der Waals surface area contributed by atoms with Crippen molar-refractivity contribution in [2.45, 2.75) is 19.9 Å². The lowest BCUT2D eigenvalue weighted by Crippen LogP contribution is -2.38. The highest BCUT2D eigenvalue weighted by Gasteiger charge is 2.13. The van der Waals surface area contributed by atoms with Crippen molar-refractivity contribution < 1.29 is 14.3 Å². The Labute approximate surface area is 148 Å². The van der Waals surface area contributed by atoms with Gasteiger partial charge >= 0.3 is 0 Å². The SMILES string of the molecule is CCOc1ccccc1CN(C)C(=O)CNC(=O)Cc1ccccc1. The summed E-state index contributed by atoms with van der Waals surface area (Å²) >= 11 is 0. The minimum Gasteiger partial charge on any atom is -0.494 e. The second kappa shape index (κ2) is 9.47. The Kier molecular flexibility index (Phi) is 7.01. The maximum Gasteiger partial charge on any atom is 0.242 e. The Morgan fingerprint density at radius 1 is 1.04 bits per heavy atom. The van der Waals surface area contributed by atoms with Gasteiger partial charge < -0.3 is 15.0 Å². The molecule has 2 aromatic rings. The number of carbonyl (C=O) groups is 2. The molecular weight excluding hydrogens is 316 g/mol. The third-order valence-corrected chi connectivity index (χ3v) is 3.75. The van der Waals surface area contributed by atoms with Gasteiger partial charge in [0.2, 0.25) is 11.8 Å². The molecule has 0 fully saturated rings. The fraction of sp³-hybridized carbons (Fsp3) is 0.300. The van der Waals surface area contributed by atoms with Crippen LogP contribution in [0.2, 0.25) is 0 Å². The van der Waals surface area contributed by atoms with Crippen LogP contribution in [-0.2, 0) is 22.6 Å². The second-order valence-corrected chi connectivity index (χ2v) is 5.73. The van der Waals surface area contributed by atoms with Crippen LogP contribution in [0.5, 0.6) is 5.75 Å². The molecule has 0 aromatic heterocycles. The number of hydrogen-bond acceptors (Lipinski definition) is 3. The van der Waals surface area contributed by atoms with Crippen LogP contribution in [0.1, 0.15) is 18.1 Å². The number of amides is 2. The average Bonchev–Trinajstić information content (AvgIpc) is 2.62. The molecule has 0 radical (unpaired) electrons.